The summed E-state index contributed by atoms with van der Waals surface area (Å²) in [4.78, 5) is 8.76. The Morgan fingerprint density at radius 1 is 1.00 bits per heavy atom. The van der Waals surface area contributed by atoms with Gasteiger partial charge in [-0.1, -0.05) is 29.8 Å². The van der Waals surface area contributed by atoms with Crippen LogP contribution in [-0.2, 0) is 13.0 Å². The van der Waals surface area contributed by atoms with Crippen molar-refractivity contribution in [3.05, 3.63) is 88.0 Å². The molecular weight excluding hydrogens is 318 g/mol. The number of aromatic nitrogens is 2. The highest BCUT2D eigenvalue weighted by atomic mass is 35.5. The number of halogens is 1. The molecule has 4 heteroatoms. The molecule has 0 saturated carbocycles. The first-order valence-corrected chi connectivity index (χ1v) is 8.25. The molecule has 3 nitrogen and oxygen atoms in total. The topological polar surface area (TPSA) is 37.8 Å². The molecule has 118 valence electrons. The van der Waals surface area contributed by atoms with Gasteiger partial charge in [-0.2, -0.15) is 0 Å². The number of anilines is 1. The summed E-state index contributed by atoms with van der Waals surface area (Å²) in [5, 5.41) is 4.11. The van der Waals surface area contributed by atoms with E-state index < -0.39 is 0 Å². The number of benzene rings is 1. The van der Waals surface area contributed by atoms with E-state index in [1.54, 1.807) is 6.20 Å². The molecule has 1 aliphatic rings. The average Bonchev–Trinajstić information content (AvgIpc) is 2.79. The van der Waals surface area contributed by atoms with Crippen LogP contribution in [0, 0.1) is 0 Å². The summed E-state index contributed by atoms with van der Waals surface area (Å²) in [5.41, 5.74) is 6.73. The highest BCUT2D eigenvalue weighted by Crippen LogP contribution is 2.27. The Labute approximate surface area is 146 Å². The fourth-order valence-corrected chi connectivity index (χ4v) is 3.06. The fourth-order valence-electron chi connectivity index (χ4n) is 2.88. The molecule has 0 bridgehead atoms. The van der Waals surface area contributed by atoms with Crippen molar-refractivity contribution in [3.63, 3.8) is 0 Å². The summed E-state index contributed by atoms with van der Waals surface area (Å²) in [6.07, 6.45) is 8.50. The van der Waals surface area contributed by atoms with Gasteiger partial charge in [0, 0.05) is 24.5 Å². The first kappa shape index (κ1) is 14.9. The van der Waals surface area contributed by atoms with E-state index in [4.69, 9.17) is 11.6 Å². The minimum absolute atomic E-state index is 0.676. The van der Waals surface area contributed by atoms with Crippen LogP contribution in [0.3, 0.4) is 0 Å². The Hall–Kier alpha value is -2.65. The SMILES string of the molecule is Clc1cnc2c(c1)Cc1cc(NCc3ccccn3)ccc1C=C2. The molecule has 1 aromatic carbocycles. The largest absolute Gasteiger partial charge is 0.379 e. The van der Waals surface area contributed by atoms with Gasteiger partial charge in [0.25, 0.3) is 0 Å². The molecule has 0 amide bonds. The summed E-state index contributed by atoms with van der Waals surface area (Å²) in [6, 6.07) is 14.4. The standard InChI is InChI=1S/C20H16ClN3/c21-17-10-16-9-15-11-18(23-13-19-3-1-2-8-22-19)6-4-14(15)5-7-20(16)24-12-17/h1-8,10-12,23H,9,13H2. The highest BCUT2D eigenvalue weighted by Gasteiger charge is 2.11. The predicted octanol–water partition coefficient (Wildman–Crippen LogP) is 4.82. The molecule has 2 heterocycles. The fraction of sp³-hybridized carbons (Fsp3) is 0.100. The molecule has 0 saturated heterocycles. The second kappa shape index (κ2) is 6.46. The lowest BCUT2D eigenvalue weighted by Gasteiger charge is -2.11. The van der Waals surface area contributed by atoms with Gasteiger partial charge in [-0.05, 0) is 53.1 Å². The van der Waals surface area contributed by atoms with E-state index in [-0.39, 0.29) is 0 Å². The zero-order valence-corrected chi connectivity index (χ0v) is 13.8. The average molecular weight is 334 g/mol. The zero-order valence-electron chi connectivity index (χ0n) is 13.0. The summed E-state index contributed by atoms with van der Waals surface area (Å²) < 4.78 is 0. The minimum atomic E-state index is 0.676. The number of nitrogens with one attached hydrogen (secondary N) is 1. The lowest BCUT2D eigenvalue weighted by atomic mass is 10.0. The van der Waals surface area contributed by atoms with Crippen molar-refractivity contribution in [3.8, 4) is 0 Å². The number of nitrogens with zero attached hydrogens (tertiary/aromatic N) is 2. The van der Waals surface area contributed by atoms with Crippen LogP contribution < -0.4 is 5.32 Å². The van der Waals surface area contributed by atoms with Crippen LogP contribution in [0.15, 0.2) is 54.9 Å². The van der Waals surface area contributed by atoms with Gasteiger partial charge in [0.1, 0.15) is 0 Å². The number of pyridine rings is 2. The molecule has 2 aromatic heterocycles. The summed E-state index contributed by atoms with van der Waals surface area (Å²) >= 11 is 6.10. The molecule has 1 aliphatic carbocycles. The molecule has 0 spiro atoms. The molecule has 0 unspecified atom stereocenters. The maximum atomic E-state index is 6.10. The zero-order chi connectivity index (χ0) is 16.4. The minimum Gasteiger partial charge on any atom is -0.379 e. The van der Waals surface area contributed by atoms with Crippen LogP contribution in [0.4, 0.5) is 5.69 Å². The smallest absolute Gasteiger partial charge is 0.0666 e. The van der Waals surface area contributed by atoms with Gasteiger partial charge in [-0.3, -0.25) is 9.97 Å². The molecular formula is C20H16ClN3. The Kier molecular flexibility index (Phi) is 4.01. The van der Waals surface area contributed by atoms with Gasteiger partial charge in [0.15, 0.2) is 0 Å². The number of hydrogen-bond donors (Lipinski definition) is 1. The molecule has 1 N–H and O–H groups in total. The number of hydrogen-bond acceptors (Lipinski definition) is 3. The highest BCUT2D eigenvalue weighted by molar-refractivity contribution is 6.30. The predicted molar refractivity (Wildman–Crippen MR) is 99.0 cm³/mol. The molecule has 24 heavy (non-hydrogen) atoms. The van der Waals surface area contributed by atoms with Gasteiger partial charge in [0.05, 0.1) is 23.0 Å². The molecule has 0 fully saturated rings. The van der Waals surface area contributed by atoms with E-state index in [1.165, 1.54) is 11.1 Å². The third-order valence-corrected chi connectivity index (χ3v) is 4.32. The summed E-state index contributed by atoms with van der Waals surface area (Å²) in [5.74, 6) is 0. The van der Waals surface area contributed by atoms with Gasteiger partial charge in [-0.15, -0.1) is 0 Å². The maximum Gasteiger partial charge on any atom is 0.0666 e. The van der Waals surface area contributed by atoms with E-state index in [1.807, 2.05) is 30.5 Å². The van der Waals surface area contributed by atoms with Crippen molar-refractivity contribution in [1.82, 2.24) is 9.97 Å². The van der Waals surface area contributed by atoms with Crippen molar-refractivity contribution in [2.45, 2.75) is 13.0 Å². The normalized spacial score (nSPS) is 12.2. The van der Waals surface area contributed by atoms with Gasteiger partial charge >= 0.3 is 0 Å². The summed E-state index contributed by atoms with van der Waals surface area (Å²) in [6.45, 7) is 0.708. The third kappa shape index (κ3) is 3.17. The van der Waals surface area contributed by atoms with E-state index >= 15 is 0 Å². The second-order valence-corrected chi connectivity index (χ2v) is 6.23. The molecule has 0 radical (unpaired) electrons. The van der Waals surface area contributed by atoms with Gasteiger partial charge < -0.3 is 5.32 Å². The number of fused-ring (bicyclic) bond motifs is 2. The van der Waals surface area contributed by atoms with Crippen molar-refractivity contribution in [2.75, 3.05) is 5.32 Å². The molecule has 3 aromatic rings. The van der Waals surface area contributed by atoms with Gasteiger partial charge in [0.2, 0.25) is 0 Å². The van der Waals surface area contributed by atoms with Gasteiger partial charge in [-0.25, -0.2) is 0 Å². The van der Waals surface area contributed by atoms with E-state index in [2.05, 4.69) is 45.6 Å². The van der Waals surface area contributed by atoms with Crippen molar-refractivity contribution >= 4 is 29.4 Å². The van der Waals surface area contributed by atoms with Crippen molar-refractivity contribution in [1.29, 1.82) is 0 Å². The van der Waals surface area contributed by atoms with Crippen LogP contribution in [0.25, 0.3) is 12.2 Å². The van der Waals surface area contributed by atoms with E-state index in [0.29, 0.717) is 11.6 Å². The second-order valence-electron chi connectivity index (χ2n) is 5.80. The first-order valence-electron chi connectivity index (χ1n) is 7.87. The first-order chi connectivity index (χ1) is 11.8. The monoisotopic (exact) mass is 333 g/mol. The Balaban J connectivity index is 1.59. The van der Waals surface area contributed by atoms with Crippen LogP contribution in [0.5, 0.6) is 0 Å². The van der Waals surface area contributed by atoms with Crippen LogP contribution in [0.1, 0.15) is 28.1 Å². The lowest BCUT2D eigenvalue weighted by molar-refractivity contribution is 1.04. The molecule has 0 aliphatic heterocycles. The van der Waals surface area contributed by atoms with Crippen LogP contribution >= 0.6 is 11.6 Å². The van der Waals surface area contributed by atoms with E-state index in [0.717, 1.165) is 29.1 Å². The quantitative estimate of drug-likeness (QED) is 0.584. The Morgan fingerprint density at radius 3 is 2.83 bits per heavy atom. The van der Waals surface area contributed by atoms with E-state index in [9.17, 15) is 0 Å². The molecule has 0 atom stereocenters. The van der Waals surface area contributed by atoms with Crippen molar-refractivity contribution < 1.29 is 0 Å². The van der Waals surface area contributed by atoms with Crippen LogP contribution in [0.2, 0.25) is 5.02 Å². The molecule has 4 rings (SSSR count). The number of rotatable bonds is 3. The van der Waals surface area contributed by atoms with Crippen molar-refractivity contribution in [2.24, 2.45) is 0 Å². The van der Waals surface area contributed by atoms with Crippen LogP contribution in [-0.4, -0.2) is 9.97 Å². The third-order valence-electron chi connectivity index (χ3n) is 4.11. The lowest BCUT2D eigenvalue weighted by Crippen LogP contribution is -2.02. The maximum absolute atomic E-state index is 6.10. The summed E-state index contributed by atoms with van der Waals surface area (Å²) in [7, 11) is 0. The Morgan fingerprint density at radius 2 is 1.96 bits per heavy atom. The Bertz CT molecular complexity index is 904.